The Hall–Kier alpha value is -1.47. The summed E-state index contributed by atoms with van der Waals surface area (Å²) in [6.07, 6.45) is 4.39. The molecule has 0 amide bonds. The second-order valence-corrected chi connectivity index (χ2v) is 7.12. The van der Waals surface area contributed by atoms with Crippen LogP contribution in [0.1, 0.15) is 18.4 Å². The normalized spacial score (nSPS) is 20.1. The standard InChI is InChI=1S/C13H18N2O4S/c16-13(17)9-12-3-7-15(10-12)20(18,19)8-4-11-1-5-14-6-2-11/h1-2,5-6,12H,3-4,7-10H2,(H,16,17). The third-order valence-electron chi connectivity index (χ3n) is 3.50. The highest BCUT2D eigenvalue weighted by Gasteiger charge is 2.31. The summed E-state index contributed by atoms with van der Waals surface area (Å²) in [7, 11) is -3.31. The van der Waals surface area contributed by atoms with Gasteiger partial charge in [-0.05, 0) is 36.5 Å². The van der Waals surface area contributed by atoms with Crippen LogP contribution in [0.15, 0.2) is 24.5 Å². The summed E-state index contributed by atoms with van der Waals surface area (Å²) in [4.78, 5) is 14.5. The van der Waals surface area contributed by atoms with Crippen LogP contribution in [0.25, 0.3) is 0 Å². The Labute approximate surface area is 118 Å². The van der Waals surface area contributed by atoms with Gasteiger partial charge < -0.3 is 5.11 Å². The lowest BCUT2D eigenvalue weighted by Crippen LogP contribution is -2.32. The van der Waals surface area contributed by atoms with E-state index < -0.39 is 16.0 Å². The molecule has 2 heterocycles. The number of sulfonamides is 1. The van der Waals surface area contributed by atoms with Crippen molar-refractivity contribution in [1.82, 2.24) is 9.29 Å². The lowest BCUT2D eigenvalue weighted by molar-refractivity contribution is -0.137. The fourth-order valence-corrected chi connectivity index (χ4v) is 3.96. The molecule has 1 saturated heterocycles. The number of carboxylic acid groups (broad SMARTS) is 1. The predicted molar refractivity (Wildman–Crippen MR) is 73.7 cm³/mol. The van der Waals surface area contributed by atoms with Gasteiger partial charge >= 0.3 is 5.97 Å². The third-order valence-corrected chi connectivity index (χ3v) is 5.34. The fourth-order valence-electron chi connectivity index (χ4n) is 2.39. The molecule has 1 aromatic rings. The highest BCUT2D eigenvalue weighted by atomic mass is 32.2. The van der Waals surface area contributed by atoms with Crippen LogP contribution in [0.4, 0.5) is 0 Å². The van der Waals surface area contributed by atoms with E-state index in [-0.39, 0.29) is 18.1 Å². The van der Waals surface area contributed by atoms with Crippen LogP contribution in [0.5, 0.6) is 0 Å². The average Bonchev–Trinajstić information content (AvgIpc) is 2.86. The van der Waals surface area contributed by atoms with E-state index in [0.717, 1.165) is 5.56 Å². The topological polar surface area (TPSA) is 87.6 Å². The van der Waals surface area contributed by atoms with E-state index >= 15 is 0 Å². The molecule has 7 heteroatoms. The molecule has 110 valence electrons. The van der Waals surface area contributed by atoms with Crippen molar-refractivity contribution in [3.8, 4) is 0 Å². The minimum atomic E-state index is -3.31. The maximum Gasteiger partial charge on any atom is 0.303 e. The number of nitrogens with zero attached hydrogens (tertiary/aromatic N) is 2. The lowest BCUT2D eigenvalue weighted by Gasteiger charge is -2.16. The number of carboxylic acids is 1. The molecule has 1 aliphatic rings. The van der Waals surface area contributed by atoms with E-state index in [1.165, 1.54) is 4.31 Å². The molecular formula is C13H18N2O4S. The van der Waals surface area contributed by atoms with Gasteiger partial charge in [-0.25, -0.2) is 12.7 Å². The molecule has 1 aliphatic heterocycles. The molecule has 20 heavy (non-hydrogen) atoms. The Bertz CT molecular complexity index is 559. The third kappa shape index (κ3) is 4.01. The van der Waals surface area contributed by atoms with E-state index in [9.17, 15) is 13.2 Å². The number of aliphatic carboxylic acids is 1. The van der Waals surface area contributed by atoms with Gasteiger partial charge in [0, 0.05) is 31.9 Å². The van der Waals surface area contributed by atoms with Crippen LogP contribution < -0.4 is 0 Å². The van der Waals surface area contributed by atoms with Crippen LogP contribution in [-0.2, 0) is 21.2 Å². The molecule has 6 nitrogen and oxygen atoms in total. The van der Waals surface area contributed by atoms with Crippen LogP contribution in [0, 0.1) is 5.92 Å². The number of aromatic nitrogens is 1. The minimum Gasteiger partial charge on any atom is -0.481 e. The monoisotopic (exact) mass is 298 g/mol. The van der Waals surface area contributed by atoms with Crippen molar-refractivity contribution < 1.29 is 18.3 Å². The zero-order chi connectivity index (χ0) is 14.6. The molecular weight excluding hydrogens is 280 g/mol. The molecule has 1 atom stereocenters. The van der Waals surface area contributed by atoms with Gasteiger partial charge in [0.1, 0.15) is 0 Å². The van der Waals surface area contributed by atoms with E-state index in [1.807, 2.05) is 0 Å². The average molecular weight is 298 g/mol. The zero-order valence-corrected chi connectivity index (χ0v) is 11.9. The summed E-state index contributed by atoms with van der Waals surface area (Å²) >= 11 is 0. The van der Waals surface area contributed by atoms with Crippen molar-refractivity contribution in [3.05, 3.63) is 30.1 Å². The number of carbonyl (C=O) groups is 1. The smallest absolute Gasteiger partial charge is 0.303 e. The summed E-state index contributed by atoms with van der Waals surface area (Å²) in [5.41, 5.74) is 0.935. The first-order chi connectivity index (χ1) is 9.47. The first-order valence-corrected chi connectivity index (χ1v) is 8.17. The molecule has 0 aliphatic carbocycles. The number of aryl methyl sites for hydroxylation is 1. The molecule has 0 saturated carbocycles. The van der Waals surface area contributed by atoms with Crippen molar-refractivity contribution in [1.29, 1.82) is 0 Å². The van der Waals surface area contributed by atoms with Crippen molar-refractivity contribution in [2.75, 3.05) is 18.8 Å². The molecule has 0 bridgehead atoms. The Morgan fingerprint density at radius 2 is 2.10 bits per heavy atom. The lowest BCUT2D eigenvalue weighted by atomic mass is 10.1. The van der Waals surface area contributed by atoms with Gasteiger partial charge in [0.2, 0.25) is 10.0 Å². The maximum absolute atomic E-state index is 12.2. The minimum absolute atomic E-state index is 0.0381. The fraction of sp³-hybridized carbons (Fsp3) is 0.538. The van der Waals surface area contributed by atoms with Crippen molar-refractivity contribution in [2.24, 2.45) is 5.92 Å². The van der Waals surface area contributed by atoms with Crippen molar-refractivity contribution in [2.45, 2.75) is 19.3 Å². The molecule has 2 rings (SSSR count). The van der Waals surface area contributed by atoms with Crippen molar-refractivity contribution >= 4 is 16.0 Å². The molecule has 1 aromatic heterocycles. The van der Waals surface area contributed by atoms with Gasteiger partial charge in [0.05, 0.1) is 5.75 Å². The first kappa shape index (κ1) is 14.9. The number of hydrogen-bond acceptors (Lipinski definition) is 4. The molecule has 1 unspecified atom stereocenters. The van der Waals surface area contributed by atoms with Crippen LogP contribution in [0.3, 0.4) is 0 Å². The predicted octanol–water partition coefficient (Wildman–Crippen LogP) is 0.750. The first-order valence-electron chi connectivity index (χ1n) is 6.56. The van der Waals surface area contributed by atoms with Crippen molar-refractivity contribution in [3.63, 3.8) is 0 Å². The Morgan fingerprint density at radius 1 is 1.40 bits per heavy atom. The van der Waals surface area contributed by atoms with E-state index in [4.69, 9.17) is 5.11 Å². The summed E-state index contributed by atoms with van der Waals surface area (Å²) < 4.78 is 25.8. The zero-order valence-electron chi connectivity index (χ0n) is 11.1. The van der Waals surface area contributed by atoms with Crippen LogP contribution in [0.2, 0.25) is 0 Å². The second-order valence-electron chi connectivity index (χ2n) is 5.03. The van der Waals surface area contributed by atoms with E-state index in [1.54, 1.807) is 24.5 Å². The second kappa shape index (κ2) is 6.32. The highest BCUT2D eigenvalue weighted by molar-refractivity contribution is 7.89. The number of hydrogen-bond donors (Lipinski definition) is 1. The number of rotatable bonds is 6. The van der Waals surface area contributed by atoms with Gasteiger partial charge in [-0.3, -0.25) is 9.78 Å². The molecule has 0 aromatic carbocycles. The van der Waals surface area contributed by atoms with Gasteiger partial charge in [-0.2, -0.15) is 0 Å². The van der Waals surface area contributed by atoms with E-state index in [2.05, 4.69) is 4.98 Å². The molecule has 0 radical (unpaired) electrons. The molecule has 0 spiro atoms. The summed E-state index contributed by atoms with van der Waals surface area (Å²) in [5, 5.41) is 8.74. The van der Waals surface area contributed by atoms with Gasteiger partial charge in [-0.15, -0.1) is 0 Å². The largest absolute Gasteiger partial charge is 0.481 e. The van der Waals surface area contributed by atoms with Gasteiger partial charge in [0.15, 0.2) is 0 Å². The Morgan fingerprint density at radius 3 is 2.75 bits per heavy atom. The maximum atomic E-state index is 12.2. The summed E-state index contributed by atoms with van der Waals surface area (Å²) in [6, 6.07) is 3.60. The van der Waals surface area contributed by atoms with Crippen LogP contribution >= 0.6 is 0 Å². The summed E-state index contributed by atoms with van der Waals surface area (Å²) in [6.45, 7) is 0.752. The molecule has 1 fully saturated rings. The Balaban J connectivity index is 1.90. The number of pyridine rings is 1. The summed E-state index contributed by atoms with van der Waals surface area (Å²) in [5.74, 6) is -0.884. The quantitative estimate of drug-likeness (QED) is 0.837. The molecule has 1 N–H and O–H groups in total. The van der Waals surface area contributed by atoms with Crippen LogP contribution in [-0.4, -0.2) is 47.6 Å². The van der Waals surface area contributed by atoms with Gasteiger partial charge in [0.25, 0.3) is 0 Å². The van der Waals surface area contributed by atoms with E-state index in [0.29, 0.717) is 25.9 Å². The highest BCUT2D eigenvalue weighted by Crippen LogP contribution is 2.22. The SMILES string of the molecule is O=C(O)CC1CCN(S(=O)(=O)CCc2ccncc2)C1. The van der Waals surface area contributed by atoms with Gasteiger partial charge in [-0.1, -0.05) is 0 Å². The Kier molecular flexibility index (Phi) is 4.72.